The van der Waals surface area contributed by atoms with Gasteiger partial charge in [-0.05, 0) is 159 Å². The van der Waals surface area contributed by atoms with Crippen molar-refractivity contribution in [2.75, 3.05) is 0 Å². The zero-order chi connectivity index (χ0) is 49.2. The second-order valence-corrected chi connectivity index (χ2v) is 22.1. The fourth-order valence-corrected chi connectivity index (χ4v) is 13.2. The number of rotatable bonds is 10. The van der Waals surface area contributed by atoms with Crippen molar-refractivity contribution in [2.45, 2.75) is 103 Å². The third kappa shape index (κ3) is 8.15. The van der Waals surface area contributed by atoms with Crippen molar-refractivity contribution in [1.82, 2.24) is 9.47 Å². The van der Waals surface area contributed by atoms with Gasteiger partial charge in [0, 0.05) is 74.0 Å². The lowest BCUT2D eigenvalue weighted by Crippen LogP contribution is -2.26. The third-order valence-corrected chi connectivity index (χ3v) is 17.3. The standard InChI is InChI=1S/C69H66N2O2/c1-5-6-7-8-15-50-42-45(2)22-30-54(40-41-69(50,3)4)70(52-33-27-48(28-34-52)49-29-38-65-59(43-49)55-16-10-13-20-63(55)72-65)51-31-23-46(24-32-51)47-25-35-53(36-26-47)71-62-19-12-9-18-58(62)67-57-37-39-66-60(44-61(57)68(67)71)56-17-11-14-21-64(56)73-66/h6-7,9-14,16-23,25-27,29-31,33-41,43,48,50,57,59,61,65H,5,8,15,24,28,32,42,44H2,1-4H3. The number of benzene rings is 4. The Morgan fingerprint density at radius 1 is 0.753 bits per heavy atom. The molecule has 7 aliphatic rings. The molecule has 0 saturated carbocycles. The van der Waals surface area contributed by atoms with Crippen molar-refractivity contribution in [1.29, 1.82) is 0 Å². The second-order valence-electron chi connectivity index (χ2n) is 22.1. The molecule has 4 aromatic carbocycles. The van der Waals surface area contributed by atoms with Crippen molar-refractivity contribution < 1.29 is 9.15 Å². The Morgan fingerprint density at radius 3 is 2.42 bits per heavy atom. The number of aromatic nitrogens is 1. The van der Waals surface area contributed by atoms with Crippen LogP contribution in [0.5, 0.6) is 5.75 Å². The molecule has 0 N–H and O–H groups in total. The average Bonchev–Trinajstić information content (AvgIpc) is 4.04. The lowest BCUT2D eigenvalue weighted by atomic mass is 9.69. The number of hydrogen-bond acceptors (Lipinski definition) is 3. The van der Waals surface area contributed by atoms with Gasteiger partial charge in [-0.1, -0.05) is 154 Å². The fourth-order valence-electron chi connectivity index (χ4n) is 13.2. The Labute approximate surface area is 431 Å². The molecule has 3 heterocycles. The van der Waals surface area contributed by atoms with E-state index in [0.717, 1.165) is 62.0 Å². The molecule has 364 valence electrons. The SMILES string of the molecule is CCC=CCCC1CC(C)=CC=C(N(C2=CCC(C3=CC4c5ccccc5OC4C=C3)C=C2)C2=CC=C(c3ccc(-n4c5c(c6ccccc64)C4C=Cc6oc7ccccc7c6CC54)cc3)CC2)C=CC1(C)C. The molecule has 0 saturated heterocycles. The summed E-state index contributed by atoms with van der Waals surface area (Å²) in [6.45, 7) is 9.44. The van der Waals surface area contributed by atoms with E-state index in [1.807, 2.05) is 0 Å². The van der Waals surface area contributed by atoms with E-state index in [1.54, 1.807) is 0 Å². The Morgan fingerprint density at radius 2 is 1.59 bits per heavy atom. The Hall–Kier alpha value is -7.30. The van der Waals surface area contributed by atoms with Crippen LogP contribution in [0, 0.1) is 17.3 Å². The smallest absolute Gasteiger partial charge is 0.135 e. The van der Waals surface area contributed by atoms with Gasteiger partial charge in [0.25, 0.3) is 0 Å². The van der Waals surface area contributed by atoms with E-state index < -0.39 is 0 Å². The van der Waals surface area contributed by atoms with Crippen LogP contribution in [0.2, 0.25) is 0 Å². The quantitative estimate of drug-likeness (QED) is 0.128. The molecule has 0 bridgehead atoms. The Kier molecular flexibility index (Phi) is 11.6. The van der Waals surface area contributed by atoms with Gasteiger partial charge in [-0.15, -0.1) is 0 Å². The molecule has 4 nitrogen and oxygen atoms in total. The van der Waals surface area contributed by atoms with E-state index in [9.17, 15) is 0 Å². The Balaban J connectivity index is 0.807. The number of para-hydroxylation sites is 3. The highest BCUT2D eigenvalue weighted by Crippen LogP contribution is 2.57. The first kappa shape index (κ1) is 45.6. The third-order valence-electron chi connectivity index (χ3n) is 17.3. The predicted octanol–water partition coefficient (Wildman–Crippen LogP) is 17.9. The highest BCUT2D eigenvalue weighted by Gasteiger charge is 2.44. The van der Waals surface area contributed by atoms with Crippen molar-refractivity contribution in [3.05, 3.63) is 250 Å². The molecule has 1 aliphatic heterocycles. The van der Waals surface area contributed by atoms with Crippen molar-refractivity contribution >= 4 is 33.5 Å². The lowest BCUT2D eigenvalue weighted by molar-refractivity contribution is 0.264. The lowest BCUT2D eigenvalue weighted by Gasteiger charge is -2.36. The molecule has 13 rings (SSSR count). The average molecular weight is 955 g/mol. The van der Waals surface area contributed by atoms with Gasteiger partial charge in [0.1, 0.15) is 23.2 Å². The number of hydrogen-bond donors (Lipinski definition) is 0. The van der Waals surface area contributed by atoms with Crippen LogP contribution in [0.1, 0.15) is 124 Å². The number of nitrogens with zero attached hydrogens (tertiary/aromatic N) is 2. The summed E-state index contributed by atoms with van der Waals surface area (Å²) in [7, 11) is 0. The minimum absolute atomic E-state index is 0.0349. The summed E-state index contributed by atoms with van der Waals surface area (Å²) < 4.78 is 15.3. The van der Waals surface area contributed by atoms with Crippen LogP contribution in [0.15, 0.2) is 221 Å². The van der Waals surface area contributed by atoms with Gasteiger partial charge in [0.05, 0.1) is 5.52 Å². The van der Waals surface area contributed by atoms with Gasteiger partial charge in [0.15, 0.2) is 0 Å². The van der Waals surface area contributed by atoms with Crippen LogP contribution < -0.4 is 4.74 Å². The topological polar surface area (TPSA) is 30.5 Å². The summed E-state index contributed by atoms with van der Waals surface area (Å²) in [5.41, 5.74) is 18.4. The van der Waals surface area contributed by atoms with Gasteiger partial charge < -0.3 is 18.6 Å². The highest BCUT2D eigenvalue weighted by molar-refractivity contribution is 5.92. The van der Waals surface area contributed by atoms with E-state index in [0.29, 0.717) is 23.7 Å². The molecule has 0 spiro atoms. The zero-order valence-electron chi connectivity index (χ0n) is 42.8. The van der Waals surface area contributed by atoms with Crippen molar-refractivity contribution in [2.24, 2.45) is 17.3 Å². The molecule has 4 heteroatoms. The number of furan rings is 1. The van der Waals surface area contributed by atoms with Crippen LogP contribution in [-0.2, 0) is 6.42 Å². The maximum Gasteiger partial charge on any atom is 0.135 e. The molecule has 2 aromatic heterocycles. The molecule has 6 aliphatic carbocycles. The van der Waals surface area contributed by atoms with Crippen molar-refractivity contribution in [3.63, 3.8) is 0 Å². The molecule has 6 atom stereocenters. The van der Waals surface area contributed by atoms with Crippen LogP contribution in [-0.4, -0.2) is 15.6 Å². The van der Waals surface area contributed by atoms with Crippen molar-refractivity contribution in [3.8, 4) is 11.4 Å². The summed E-state index contributed by atoms with van der Waals surface area (Å²) in [4.78, 5) is 2.56. The van der Waals surface area contributed by atoms with E-state index in [1.165, 1.54) is 90.2 Å². The summed E-state index contributed by atoms with van der Waals surface area (Å²) in [5.74, 6) is 3.92. The maximum absolute atomic E-state index is 6.39. The van der Waals surface area contributed by atoms with E-state index in [-0.39, 0.29) is 17.4 Å². The van der Waals surface area contributed by atoms with E-state index in [2.05, 4.69) is 231 Å². The van der Waals surface area contributed by atoms with Crippen LogP contribution in [0.3, 0.4) is 0 Å². The highest BCUT2D eigenvalue weighted by atomic mass is 16.5. The molecule has 73 heavy (non-hydrogen) atoms. The van der Waals surface area contributed by atoms with Gasteiger partial charge in [-0.3, -0.25) is 0 Å². The predicted molar refractivity (Wildman–Crippen MR) is 303 cm³/mol. The van der Waals surface area contributed by atoms with Gasteiger partial charge >= 0.3 is 0 Å². The monoisotopic (exact) mass is 955 g/mol. The minimum atomic E-state index is 0.0349. The van der Waals surface area contributed by atoms with Crippen LogP contribution in [0.25, 0.3) is 39.2 Å². The molecule has 0 fully saturated rings. The first-order valence-electron chi connectivity index (χ1n) is 27.2. The largest absolute Gasteiger partial charge is 0.485 e. The maximum atomic E-state index is 6.39. The van der Waals surface area contributed by atoms with E-state index in [4.69, 9.17) is 9.15 Å². The molecule has 6 unspecified atom stereocenters. The van der Waals surface area contributed by atoms with Gasteiger partial charge in [-0.2, -0.15) is 0 Å². The second kappa shape index (κ2) is 18.6. The first-order valence-corrected chi connectivity index (χ1v) is 27.2. The normalized spacial score (nSPS) is 24.5. The first-order chi connectivity index (χ1) is 35.8. The molecule has 0 amide bonds. The van der Waals surface area contributed by atoms with Gasteiger partial charge in [0.2, 0.25) is 0 Å². The number of ether oxygens (including phenoxy) is 1. The fraction of sp³-hybridized carbons (Fsp3) is 0.275. The van der Waals surface area contributed by atoms with Gasteiger partial charge in [-0.25, -0.2) is 0 Å². The molecular formula is C69H66N2O2. The summed E-state index contributed by atoms with van der Waals surface area (Å²) >= 11 is 0. The summed E-state index contributed by atoms with van der Waals surface area (Å²) in [6, 6.07) is 35.5. The Bertz CT molecular complexity index is 3520. The van der Waals surface area contributed by atoms with Crippen LogP contribution >= 0.6 is 0 Å². The number of fused-ring (bicyclic) bond motifs is 12. The zero-order valence-corrected chi connectivity index (χ0v) is 42.8. The number of allylic oxidation sites excluding steroid dienone is 17. The van der Waals surface area contributed by atoms with E-state index >= 15 is 0 Å². The summed E-state index contributed by atoms with van der Waals surface area (Å²) in [6.07, 6.45) is 46.6. The molecule has 6 aromatic rings. The summed E-state index contributed by atoms with van der Waals surface area (Å²) in [5, 5.41) is 2.60. The minimum Gasteiger partial charge on any atom is -0.485 e. The molecular weight excluding hydrogens is 889 g/mol. The van der Waals surface area contributed by atoms with Crippen LogP contribution in [0.4, 0.5) is 0 Å². The molecule has 0 radical (unpaired) electrons.